The van der Waals surface area contributed by atoms with Crippen LogP contribution in [0.3, 0.4) is 0 Å². The molecule has 0 aliphatic rings. The lowest BCUT2D eigenvalue weighted by Crippen LogP contribution is -2.33. The zero-order valence-electron chi connectivity index (χ0n) is 13.7. The number of benzene rings is 1. The lowest BCUT2D eigenvalue weighted by Gasteiger charge is -2.14. The summed E-state index contributed by atoms with van der Waals surface area (Å²) in [7, 11) is 1.85. The van der Waals surface area contributed by atoms with E-state index in [0.717, 1.165) is 13.0 Å². The molecule has 0 fully saturated rings. The first-order valence-corrected chi connectivity index (χ1v) is 8.08. The molecule has 0 saturated heterocycles. The summed E-state index contributed by atoms with van der Waals surface area (Å²) < 4.78 is 3.87. The molecule has 1 atom stereocenters. The summed E-state index contributed by atoms with van der Waals surface area (Å²) in [5.41, 5.74) is 1.04. The van der Waals surface area contributed by atoms with Crippen molar-refractivity contribution in [1.82, 2.24) is 4.57 Å². The molecule has 1 unspecified atom stereocenters. The molecule has 1 heterocycles. The topological polar surface area (TPSA) is 69.2 Å². The van der Waals surface area contributed by atoms with Crippen LogP contribution in [0.4, 0.5) is 0 Å². The number of hydrogen-bond donors (Lipinski definition) is 1. The third-order valence-corrected chi connectivity index (χ3v) is 4.05. The van der Waals surface area contributed by atoms with E-state index in [1.165, 1.54) is 25.3 Å². The summed E-state index contributed by atoms with van der Waals surface area (Å²) in [5.74, 6) is -1.28. The van der Waals surface area contributed by atoms with Crippen molar-refractivity contribution in [2.24, 2.45) is 7.05 Å². The quantitative estimate of drug-likeness (QED) is 0.590. The Labute approximate surface area is 136 Å². The first-order chi connectivity index (χ1) is 11.0. The minimum atomic E-state index is -1.28. The second-order valence-electron chi connectivity index (χ2n) is 5.86. The predicted octanol–water partition coefficient (Wildman–Crippen LogP) is 1.34. The van der Waals surface area contributed by atoms with Crippen LogP contribution < -0.4 is 9.67 Å². The van der Waals surface area contributed by atoms with Gasteiger partial charge < -0.3 is 15.0 Å². The van der Waals surface area contributed by atoms with Crippen LogP contribution in [0.25, 0.3) is 0 Å². The van der Waals surface area contributed by atoms with Gasteiger partial charge in [-0.2, -0.15) is 0 Å². The Balaban J connectivity index is 2.18. The number of nitrogens with zero attached hydrogens (tertiary/aromatic N) is 2. The number of carbonyl (C=O) groups is 1. The summed E-state index contributed by atoms with van der Waals surface area (Å²) in [5, 5.41) is 21.8. The van der Waals surface area contributed by atoms with Crippen LogP contribution in [-0.2, 0) is 13.6 Å². The molecule has 5 heteroatoms. The molecule has 2 rings (SSSR count). The number of unbranched alkanes of at least 4 members (excludes halogenated alkanes) is 3. The van der Waals surface area contributed by atoms with Crippen molar-refractivity contribution in [1.29, 1.82) is 0 Å². The third-order valence-electron chi connectivity index (χ3n) is 4.05. The van der Waals surface area contributed by atoms with Crippen molar-refractivity contribution < 1.29 is 19.6 Å². The maximum atomic E-state index is 11.2. The van der Waals surface area contributed by atoms with Crippen molar-refractivity contribution in [3.8, 4) is 0 Å². The fourth-order valence-electron chi connectivity index (χ4n) is 2.77. The lowest BCUT2D eigenvalue weighted by molar-refractivity contribution is -0.681. The molecule has 0 amide bonds. The standard InChI is InChI=1S/C18H24N2O3/c1-3-4-5-8-11-20-12-16(19(2)13-20)17(21)14-9-6-7-10-15(14)18(22)23/h6-7,9-10,12-13,17,21H,3-5,8,11H2,1-2H3. The maximum absolute atomic E-state index is 11.2. The highest BCUT2D eigenvalue weighted by atomic mass is 16.4. The van der Waals surface area contributed by atoms with Crippen molar-refractivity contribution in [3.05, 3.63) is 53.6 Å². The van der Waals surface area contributed by atoms with Gasteiger partial charge in [0.25, 0.3) is 0 Å². The number of rotatable bonds is 8. The fraction of sp³-hybridized carbons (Fsp3) is 0.444. The Kier molecular flexibility index (Phi) is 5.93. The molecule has 1 N–H and O–H groups in total. The molecule has 1 aromatic heterocycles. The van der Waals surface area contributed by atoms with Crippen LogP contribution >= 0.6 is 0 Å². The zero-order chi connectivity index (χ0) is 16.8. The first kappa shape index (κ1) is 17.2. The number of aromatic nitrogens is 2. The van der Waals surface area contributed by atoms with Crippen molar-refractivity contribution in [2.75, 3.05) is 0 Å². The normalized spacial score (nSPS) is 12.3. The minimum Gasteiger partial charge on any atom is -0.545 e. The van der Waals surface area contributed by atoms with Gasteiger partial charge in [0.15, 0.2) is 5.69 Å². The summed E-state index contributed by atoms with van der Waals surface area (Å²) in [6.45, 7) is 3.07. The van der Waals surface area contributed by atoms with Crippen LogP contribution in [0, 0.1) is 0 Å². The highest BCUT2D eigenvalue weighted by Gasteiger charge is 2.23. The molecule has 5 nitrogen and oxygen atoms in total. The third kappa shape index (κ3) is 4.20. The van der Waals surface area contributed by atoms with Gasteiger partial charge in [-0.25, -0.2) is 9.13 Å². The highest BCUT2D eigenvalue weighted by molar-refractivity contribution is 5.87. The van der Waals surface area contributed by atoms with E-state index < -0.39 is 12.1 Å². The Morgan fingerprint density at radius 2 is 2.04 bits per heavy atom. The van der Waals surface area contributed by atoms with Gasteiger partial charge in [-0.3, -0.25) is 0 Å². The number of carboxylic acid groups (broad SMARTS) is 1. The smallest absolute Gasteiger partial charge is 0.243 e. The van der Waals surface area contributed by atoms with Crippen molar-refractivity contribution >= 4 is 5.97 Å². The molecule has 0 spiro atoms. The molecule has 0 aliphatic carbocycles. The van der Waals surface area contributed by atoms with Gasteiger partial charge in [-0.1, -0.05) is 44.0 Å². The van der Waals surface area contributed by atoms with Crippen molar-refractivity contribution in [3.63, 3.8) is 0 Å². The van der Waals surface area contributed by atoms with Crippen LogP contribution in [0.15, 0.2) is 36.8 Å². The summed E-state index contributed by atoms with van der Waals surface area (Å²) in [6.07, 6.45) is 7.50. The average Bonchev–Trinajstić information content (AvgIpc) is 2.91. The number of carbonyl (C=O) groups excluding carboxylic acids is 1. The van der Waals surface area contributed by atoms with Gasteiger partial charge in [-0.15, -0.1) is 0 Å². The SMILES string of the molecule is CCCCCCn1cc(C(O)c2ccccc2C(=O)[O-])[n+](C)c1. The molecular formula is C18H24N2O3. The number of aromatic carboxylic acids is 1. The lowest BCUT2D eigenvalue weighted by atomic mass is 10.0. The Morgan fingerprint density at radius 1 is 1.30 bits per heavy atom. The second-order valence-corrected chi connectivity index (χ2v) is 5.86. The molecule has 0 bridgehead atoms. The largest absolute Gasteiger partial charge is 0.545 e. The number of aliphatic hydroxyl groups is 1. The maximum Gasteiger partial charge on any atom is 0.243 e. The van der Waals surface area contributed by atoms with Gasteiger partial charge in [0, 0.05) is 5.56 Å². The van der Waals surface area contributed by atoms with Gasteiger partial charge in [-0.05, 0) is 18.4 Å². The Hall–Kier alpha value is -2.14. The van der Waals surface area contributed by atoms with E-state index in [4.69, 9.17) is 0 Å². The van der Waals surface area contributed by atoms with Crippen LogP contribution in [-0.4, -0.2) is 15.6 Å². The van der Waals surface area contributed by atoms with E-state index in [-0.39, 0.29) is 5.56 Å². The van der Waals surface area contributed by atoms with E-state index in [0.29, 0.717) is 11.3 Å². The molecule has 0 saturated carbocycles. The number of carboxylic acids is 1. The second kappa shape index (κ2) is 7.92. The van der Waals surface area contributed by atoms with Gasteiger partial charge in [0.1, 0.15) is 12.3 Å². The van der Waals surface area contributed by atoms with E-state index in [9.17, 15) is 15.0 Å². The first-order valence-electron chi connectivity index (χ1n) is 8.08. The number of imidazole rings is 1. The predicted molar refractivity (Wildman–Crippen MR) is 84.6 cm³/mol. The highest BCUT2D eigenvalue weighted by Crippen LogP contribution is 2.22. The Morgan fingerprint density at radius 3 is 2.74 bits per heavy atom. The van der Waals surface area contributed by atoms with E-state index in [2.05, 4.69) is 6.92 Å². The average molecular weight is 316 g/mol. The molecule has 0 radical (unpaired) electrons. The van der Waals surface area contributed by atoms with E-state index in [1.807, 2.05) is 28.7 Å². The van der Waals surface area contributed by atoms with Gasteiger partial charge in [0.05, 0.1) is 19.6 Å². The summed E-state index contributed by atoms with van der Waals surface area (Å²) in [4.78, 5) is 11.2. The minimum absolute atomic E-state index is 0.0238. The summed E-state index contributed by atoms with van der Waals surface area (Å²) in [6, 6.07) is 6.41. The van der Waals surface area contributed by atoms with Gasteiger partial charge >= 0.3 is 0 Å². The van der Waals surface area contributed by atoms with Crippen molar-refractivity contribution in [2.45, 2.75) is 45.3 Å². The van der Waals surface area contributed by atoms with E-state index >= 15 is 0 Å². The number of aryl methyl sites for hydroxylation is 2. The molecule has 0 aliphatic heterocycles. The van der Waals surface area contributed by atoms with Crippen LogP contribution in [0.2, 0.25) is 0 Å². The molecule has 1 aromatic carbocycles. The monoisotopic (exact) mass is 316 g/mol. The fourth-order valence-corrected chi connectivity index (χ4v) is 2.77. The van der Waals surface area contributed by atoms with E-state index in [1.54, 1.807) is 18.2 Å². The number of hydrogen-bond acceptors (Lipinski definition) is 3. The van der Waals surface area contributed by atoms with Gasteiger partial charge in [0.2, 0.25) is 6.33 Å². The van der Waals surface area contributed by atoms with Crippen LogP contribution in [0.5, 0.6) is 0 Å². The van der Waals surface area contributed by atoms with Crippen LogP contribution in [0.1, 0.15) is 60.3 Å². The zero-order valence-corrected chi connectivity index (χ0v) is 13.7. The molecule has 124 valence electrons. The molecule has 2 aromatic rings. The summed E-state index contributed by atoms with van der Waals surface area (Å²) >= 11 is 0. The molecule has 23 heavy (non-hydrogen) atoms. The Bertz CT molecular complexity index is 664. The number of aliphatic hydroxyl groups excluding tert-OH is 1. The molecular weight excluding hydrogens is 292 g/mol.